The highest BCUT2D eigenvalue weighted by Crippen LogP contribution is 2.40. The molecular formula is C15H15NO2S. The first kappa shape index (κ1) is 12.4. The van der Waals surface area contributed by atoms with Crippen molar-refractivity contribution in [3.8, 4) is 10.6 Å². The number of hydrogen-bond acceptors (Lipinski definition) is 4. The molecule has 98 valence electrons. The van der Waals surface area contributed by atoms with Crippen LogP contribution in [0.1, 0.15) is 29.8 Å². The molecule has 0 N–H and O–H groups in total. The molecule has 1 heterocycles. The second-order valence-corrected chi connectivity index (χ2v) is 5.62. The summed E-state index contributed by atoms with van der Waals surface area (Å²) < 4.78 is 5.12. The number of aryl methyl sites for hydroxylation is 1. The van der Waals surface area contributed by atoms with Crippen molar-refractivity contribution in [1.82, 2.24) is 4.98 Å². The average Bonchev–Trinajstić information content (AvgIpc) is 2.99. The van der Waals surface area contributed by atoms with Gasteiger partial charge in [-0.05, 0) is 19.8 Å². The molecule has 0 bridgehead atoms. The van der Waals surface area contributed by atoms with Gasteiger partial charge in [0, 0.05) is 10.4 Å². The van der Waals surface area contributed by atoms with Crippen LogP contribution >= 0.6 is 11.3 Å². The predicted octanol–water partition coefficient (Wildman–Crippen LogP) is 3.40. The van der Waals surface area contributed by atoms with Crippen molar-refractivity contribution < 1.29 is 9.53 Å². The third-order valence-corrected chi connectivity index (χ3v) is 4.49. The Morgan fingerprint density at radius 1 is 1.42 bits per heavy atom. The highest BCUT2D eigenvalue weighted by atomic mass is 32.1. The third-order valence-electron chi connectivity index (χ3n) is 3.31. The topological polar surface area (TPSA) is 39.2 Å². The van der Waals surface area contributed by atoms with E-state index < -0.39 is 0 Å². The predicted molar refractivity (Wildman–Crippen MR) is 75.2 cm³/mol. The number of aromatic nitrogens is 1. The highest BCUT2D eigenvalue weighted by molar-refractivity contribution is 7.15. The summed E-state index contributed by atoms with van der Waals surface area (Å²) in [4.78, 5) is 17.8. The summed E-state index contributed by atoms with van der Waals surface area (Å²) in [5.41, 5.74) is 2.05. The second-order valence-electron chi connectivity index (χ2n) is 4.54. The number of carbonyl (C=O) groups excluding carboxylic acids is 1. The summed E-state index contributed by atoms with van der Waals surface area (Å²) in [6, 6.07) is 10.1. The number of nitrogens with zero attached hydrogens (tertiary/aromatic N) is 1. The van der Waals surface area contributed by atoms with E-state index in [1.807, 2.05) is 37.3 Å². The number of rotatable bonds is 3. The van der Waals surface area contributed by atoms with Gasteiger partial charge in [0.2, 0.25) is 0 Å². The molecule has 2 aromatic rings. The smallest absolute Gasteiger partial charge is 0.315 e. The molecule has 0 saturated heterocycles. The lowest BCUT2D eigenvalue weighted by atomic mass is 10.1. The molecule has 1 aromatic heterocycles. The molecule has 1 aliphatic carbocycles. The lowest BCUT2D eigenvalue weighted by molar-refractivity contribution is -0.145. The number of hydrogen-bond donors (Lipinski definition) is 0. The zero-order chi connectivity index (χ0) is 13.2. The van der Waals surface area contributed by atoms with Gasteiger partial charge in [-0.15, -0.1) is 11.3 Å². The maximum atomic E-state index is 11.9. The van der Waals surface area contributed by atoms with E-state index in [0.29, 0.717) is 6.61 Å². The molecule has 1 aromatic carbocycles. The highest BCUT2D eigenvalue weighted by Gasteiger charge is 2.33. The molecule has 0 saturated carbocycles. The molecule has 4 heteroatoms. The van der Waals surface area contributed by atoms with E-state index in [9.17, 15) is 4.79 Å². The molecule has 3 nitrogen and oxygen atoms in total. The minimum atomic E-state index is -0.163. The third kappa shape index (κ3) is 2.28. The summed E-state index contributed by atoms with van der Waals surface area (Å²) >= 11 is 1.70. The maximum Gasteiger partial charge on any atom is 0.315 e. The van der Waals surface area contributed by atoms with Crippen LogP contribution in [0.2, 0.25) is 0 Å². The van der Waals surface area contributed by atoms with Crippen LogP contribution < -0.4 is 0 Å². The van der Waals surface area contributed by atoms with Gasteiger partial charge < -0.3 is 4.74 Å². The molecule has 0 spiro atoms. The molecule has 0 amide bonds. The summed E-state index contributed by atoms with van der Waals surface area (Å²) in [5.74, 6) is -0.296. The zero-order valence-electron chi connectivity index (χ0n) is 10.8. The molecule has 1 atom stereocenters. The van der Waals surface area contributed by atoms with E-state index in [1.54, 1.807) is 11.3 Å². The van der Waals surface area contributed by atoms with Gasteiger partial charge >= 0.3 is 5.97 Å². The Labute approximate surface area is 116 Å². The van der Waals surface area contributed by atoms with Gasteiger partial charge in [0.1, 0.15) is 10.9 Å². The fourth-order valence-corrected chi connectivity index (χ4v) is 3.55. The zero-order valence-corrected chi connectivity index (χ0v) is 11.6. The number of fused-ring (bicyclic) bond motifs is 1. The van der Waals surface area contributed by atoms with Crippen LogP contribution in [0.4, 0.5) is 0 Å². The lowest BCUT2D eigenvalue weighted by Gasteiger charge is -2.07. The Bertz CT molecular complexity index is 591. The van der Waals surface area contributed by atoms with E-state index in [1.165, 1.54) is 4.88 Å². The number of esters is 1. The molecule has 0 aliphatic heterocycles. The fourth-order valence-electron chi connectivity index (χ4n) is 2.40. The molecule has 1 aliphatic rings. The normalized spacial score (nSPS) is 17.2. The van der Waals surface area contributed by atoms with E-state index >= 15 is 0 Å². The molecule has 0 radical (unpaired) electrons. The second kappa shape index (κ2) is 5.13. The first-order chi connectivity index (χ1) is 9.29. The Morgan fingerprint density at radius 3 is 2.95 bits per heavy atom. The van der Waals surface area contributed by atoms with Gasteiger partial charge in [-0.2, -0.15) is 0 Å². The van der Waals surface area contributed by atoms with Crippen molar-refractivity contribution in [3.05, 3.63) is 40.9 Å². The molecule has 0 fully saturated rings. The van der Waals surface area contributed by atoms with Crippen LogP contribution in [0.5, 0.6) is 0 Å². The lowest BCUT2D eigenvalue weighted by Crippen LogP contribution is -2.14. The van der Waals surface area contributed by atoms with Crippen LogP contribution in [0.25, 0.3) is 10.6 Å². The van der Waals surface area contributed by atoms with Gasteiger partial charge in [-0.1, -0.05) is 30.3 Å². The van der Waals surface area contributed by atoms with Crippen molar-refractivity contribution in [1.29, 1.82) is 0 Å². The Balaban J connectivity index is 1.91. The monoisotopic (exact) mass is 273 g/mol. The van der Waals surface area contributed by atoms with Crippen LogP contribution in [-0.4, -0.2) is 17.6 Å². The van der Waals surface area contributed by atoms with E-state index in [0.717, 1.165) is 29.1 Å². The average molecular weight is 273 g/mol. The van der Waals surface area contributed by atoms with Crippen LogP contribution in [0.15, 0.2) is 30.3 Å². The maximum absolute atomic E-state index is 11.9. The van der Waals surface area contributed by atoms with Crippen LogP contribution in [0, 0.1) is 0 Å². The summed E-state index contributed by atoms with van der Waals surface area (Å²) in [5, 5.41) is 1.000. The van der Waals surface area contributed by atoms with Gasteiger partial charge in [-0.25, -0.2) is 4.98 Å². The SMILES string of the molecule is CCOC(=O)C1CCc2sc(-c3ccccc3)nc21. The molecule has 19 heavy (non-hydrogen) atoms. The van der Waals surface area contributed by atoms with E-state index in [2.05, 4.69) is 4.98 Å². The van der Waals surface area contributed by atoms with Crippen molar-refractivity contribution in [2.75, 3.05) is 6.61 Å². The molecule has 3 rings (SSSR count). The number of benzene rings is 1. The van der Waals surface area contributed by atoms with Crippen LogP contribution in [0.3, 0.4) is 0 Å². The number of ether oxygens (including phenoxy) is 1. The largest absolute Gasteiger partial charge is 0.465 e. The summed E-state index contributed by atoms with van der Waals surface area (Å²) in [6.07, 6.45) is 1.77. The van der Waals surface area contributed by atoms with Crippen molar-refractivity contribution in [3.63, 3.8) is 0 Å². The fraction of sp³-hybridized carbons (Fsp3) is 0.333. The van der Waals surface area contributed by atoms with Gasteiger partial charge in [-0.3, -0.25) is 4.79 Å². The van der Waals surface area contributed by atoms with Gasteiger partial charge in [0.15, 0.2) is 0 Å². The first-order valence-corrected chi connectivity index (χ1v) is 7.33. The van der Waals surface area contributed by atoms with Gasteiger partial charge in [0.25, 0.3) is 0 Å². The van der Waals surface area contributed by atoms with Crippen molar-refractivity contribution in [2.45, 2.75) is 25.7 Å². The Kier molecular flexibility index (Phi) is 3.34. The first-order valence-electron chi connectivity index (χ1n) is 6.51. The van der Waals surface area contributed by atoms with Crippen molar-refractivity contribution >= 4 is 17.3 Å². The summed E-state index contributed by atoms with van der Waals surface area (Å²) in [6.45, 7) is 2.27. The van der Waals surface area contributed by atoms with Crippen LogP contribution in [-0.2, 0) is 16.0 Å². The molecule has 1 unspecified atom stereocenters. The Hall–Kier alpha value is -1.68. The molecular weight excluding hydrogens is 258 g/mol. The summed E-state index contributed by atoms with van der Waals surface area (Å²) in [7, 11) is 0. The quantitative estimate of drug-likeness (QED) is 0.805. The minimum absolute atomic E-state index is 0.133. The van der Waals surface area contributed by atoms with Gasteiger partial charge in [0.05, 0.1) is 12.3 Å². The number of carbonyl (C=O) groups is 1. The number of thiazole rings is 1. The Morgan fingerprint density at radius 2 is 2.21 bits per heavy atom. The van der Waals surface area contributed by atoms with E-state index in [4.69, 9.17) is 4.74 Å². The standard InChI is InChI=1S/C15H15NO2S/c1-2-18-15(17)11-8-9-12-13(11)16-14(19-12)10-6-4-3-5-7-10/h3-7,11H,2,8-9H2,1H3. The minimum Gasteiger partial charge on any atom is -0.465 e. The van der Waals surface area contributed by atoms with Crippen molar-refractivity contribution in [2.24, 2.45) is 0 Å². The van der Waals surface area contributed by atoms with E-state index in [-0.39, 0.29) is 11.9 Å².